The van der Waals surface area contributed by atoms with Gasteiger partial charge in [0.15, 0.2) is 0 Å². The van der Waals surface area contributed by atoms with Crippen LogP contribution in [-0.2, 0) is 4.79 Å². The Kier molecular flexibility index (Phi) is 6.87. The molecule has 1 aliphatic rings. The first-order valence-corrected chi connectivity index (χ1v) is 8.46. The summed E-state index contributed by atoms with van der Waals surface area (Å²) in [6, 6.07) is 6.10. The highest BCUT2D eigenvalue weighted by molar-refractivity contribution is 5.92. The maximum absolute atomic E-state index is 12.1. The Hall–Kier alpha value is -1.39. The highest BCUT2D eigenvalue weighted by Gasteiger charge is 2.09. The highest BCUT2D eigenvalue weighted by atomic mass is 16.1. The van der Waals surface area contributed by atoms with Gasteiger partial charge in [-0.25, -0.2) is 0 Å². The van der Waals surface area contributed by atoms with Gasteiger partial charge in [-0.2, -0.15) is 0 Å². The standard InChI is InChI=1S/C18H29N3O/c1-15-7-6-8-16(2)18(15)20-17(22)9-4-3-5-12-21-13-10-19-11-14-21/h6-8,19H,3-5,9-14H2,1-2H3,(H,20,22). The van der Waals surface area contributed by atoms with Crippen LogP contribution in [0.2, 0.25) is 0 Å². The number of aryl methyl sites for hydroxylation is 2. The first-order chi connectivity index (χ1) is 10.7. The molecule has 1 aromatic rings. The average molecular weight is 303 g/mol. The van der Waals surface area contributed by atoms with Crippen LogP contribution in [0, 0.1) is 13.8 Å². The molecule has 4 heteroatoms. The summed E-state index contributed by atoms with van der Waals surface area (Å²) >= 11 is 0. The maximum Gasteiger partial charge on any atom is 0.224 e. The van der Waals surface area contributed by atoms with E-state index >= 15 is 0 Å². The number of hydrogen-bond acceptors (Lipinski definition) is 3. The summed E-state index contributed by atoms with van der Waals surface area (Å²) in [5.74, 6) is 0.138. The molecule has 0 bridgehead atoms. The van der Waals surface area contributed by atoms with E-state index < -0.39 is 0 Å². The summed E-state index contributed by atoms with van der Waals surface area (Å²) in [6.45, 7) is 9.78. The number of carbonyl (C=O) groups is 1. The van der Waals surface area contributed by atoms with Crippen molar-refractivity contribution in [3.63, 3.8) is 0 Å². The SMILES string of the molecule is Cc1cccc(C)c1NC(=O)CCCCCN1CCNCC1. The molecule has 0 spiro atoms. The van der Waals surface area contributed by atoms with E-state index in [9.17, 15) is 4.79 Å². The number of carbonyl (C=O) groups excluding carboxylic acids is 1. The van der Waals surface area contributed by atoms with E-state index in [1.807, 2.05) is 32.0 Å². The second-order valence-electron chi connectivity index (χ2n) is 6.22. The van der Waals surface area contributed by atoms with Crippen LogP contribution in [0.1, 0.15) is 36.8 Å². The van der Waals surface area contributed by atoms with Crippen molar-refractivity contribution in [3.05, 3.63) is 29.3 Å². The second kappa shape index (κ2) is 8.91. The van der Waals surface area contributed by atoms with Gasteiger partial charge in [-0.3, -0.25) is 4.79 Å². The molecule has 2 rings (SSSR count). The molecule has 0 aromatic heterocycles. The van der Waals surface area contributed by atoms with Crippen LogP contribution in [-0.4, -0.2) is 43.5 Å². The quantitative estimate of drug-likeness (QED) is 0.761. The third kappa shape index (κ3) is 5.43. The lowest BCUT2D eigenvalue weighted by Crippen LogP contribution is -2.43. The number of piperazine rings is 1. The molecular weight excluding hydrogens is 274 g/mol. The van der Waals surface area contributed by atoms with Crippen LogP contribution >= 0.6 is 0 Å². The molecule has 0 aliphatic carbocycles. The summed E-state index contributed by atoms with van der Waals surface area (Å²) in [5, 5.41) is 6.43. The second-order valence-corrected chi connectivity index (χ2v) is 6.22. The smallest absolute Gasteiger partial charge is 0.224 e. The lowest BCUT2D eigenvalue weighted by Gasteiger charge is -2.26. The van der Waals surface area contributed by atoms with Crippen LogP contribution < -0.4 is 10.6 Å². The summed E-state index contributed by atoms with van der Waals surface area (Å²) in [5.41, 5.74) is 3.24. The van der Waals surface area contributed by atoms with E-state index in [1.165, 1.54) is 13.0 Å². The zero-order valence-corrected chi connectivity index (χ0v) is 14.0. The molecule has 122 valence electrons. The first kappa shape index (κ1) is 17.0. The maximum atomic E-state index is 12.1. The van der Waals surface area contributed by atoms with Crippen molar-refractivity contribution in [1.82, 2.24) is 10.2 Å². The van der Waals surface area contributed by atoms with Crippen LogP contribution in [0.15, 0.2) is 18.2 Å². The van der Waals surface area contributed by atoms with Gasteiger partial charge in [0, 0.05) is 38.3 Å². The number of rotatable bonds is 7. The molecule has 1 amide bonds. The van der Waals surface area contributed by atoms with E-state index in [1.54, 1.807) is 0 Å². The summed E-state index contributed by atoms with van der Waals surface area (Å²) in [4.78, 5) is 14.6. The topological polar surface area (TPSA) is 44.4 Å². The predicted octanol–water partition coefficient (Wildman–Crippen LogP) is 2.71. The Labute approximate surface area is 134 Å². The Bertz CT molecular complexity index is 461. The fourth-order valence-corrected chi connectivity index (χ4v) is 2.95. The molecule has 2 N–H and O–H groups in total. The number of benzene rings is 1. The lowest BCUT2D eigenvalue weighted by molar-refractivity contribution is -0.116. The van der Waals surface area contributed by atoms with Gasteiger partial charge >= 0.3 is 0 Å². The fourth-order valence-electron chi connectivity index (χ4n) is 2.95. The first-order valence-electron chi connectivity index (χ1n) is 8.46. The number of nitrogens with one attached hydrogen (secondary N) is 2. The van der Waals surface area contributed by atoms with E-state index in [0.29, 0.717) is 6.42 Å². The van der Waals surface area contributed by atoms with Crippen molar-refractivity contribution in [2.75, 3.05) is 38.0 Å². The summed E-state index contributed by atoms with van der Waals surface area (Å²) < 4.78 is 0. The molecule has 22 heavy (non-hydrogen) atoms. The molecule has 0 radical (unpaired) electrons. The number of para-hydroxylation sites is 1. The van der Waals surface area contributed by atoms with Gasteiger partial charge in [-0.05, 0) is 44.4 Å². The number of nitrogens with zero attached hydrogens (tertiary/aromatic N) is 1. The van der Waals surface area contributed by atoms with Crippen molar-refractivity contribution in [2.45, 2.75) is 39.5 Å². The van der Waals surface area contributed by atoms with Crippen molar-refractivity contribution < 1.29 is 4.79 Å². The highest BCUT2D eigenvalue weighted by Crippen LogP contribution is 2.19. The Balaban J connectivity index is 1.61. The van der Waals surface area contributed by atoms with Gasteiger partial charge in [0.05, 0.1) is 0 Å². The van der Waals surface area contributed by atoms with Crippen LogP contribution in [0.5, 0.6) is 0 Å². The van der Waals surface area contributed by atoms with Crippen molar-refractivity contribution in [3.8, 4) is 0 Å². The van der Waals surface area contributed by atoms with Gasteiger partial charge in [-0.15, -0.1) is 0 Å². The molecule has 0 unspecified atom stereocenters. The fraction of sp³-hybridized carbons (Fsp3) is 0.611. The lowest BCUT2D eigenvalue weighted by atomic mass is 10.1. The minimum absolute atomic E-state index is 0.138. The number of unbranched alkanes of at least 4 members (excludes halogenated alkanes) is 2. The normalized spacial score (nSPS) is 15.7. The van der Waals surface area contributed by atoms with Crippen LogP contribution in [0.3, 0.4) is 0 Å². The monoisotopic (exact) mass is 303 g/mol. The number of hydrogen-bond donors (Lipinski definition) is 2. The summed E-state index contributed by atoms with van der Waals surface area (Å²) in [7, 11) is 0. The molecule has 0 atom stereocenters. The Morgan fingerprint density at radius 2 is 1.82 bits per heavy atom. The van der Waals surface area contributed by atoms with Gasteiger partial charge in [-0.1, -0.05) is 24.6 Å². The molecule has 1 aromatic carbocycles. The van der Waals surface area contributed by atoms with Crippen LogP contribution in [0.25, 0.3) is 0 Å². The molecule has 1 saturated heterocycles. The molecule has 1 heterocycles. The zero-order chi connectivity index (χ0) is 15.8. The van der Waals surface area contributed by atoms with Crippen molar-refractivity contribution in [1.29, 1.82) is 0 Å². The van der Waals surface area contributed by atoms with Gasteiger partial charge in [0.2, 0.25) is 5.91 Å². The predicted molar refractivity (Wildman–Crippen MR) is 92.3 cm³/mol. The van der Waals surface area contributed by atoms with Gasteiger partial charge < -0.3 is 15.5 Å². The van der Waals surface area contributed by atoms with E-state index in [0.717, 1.165) is 55.8 Å². The third-order valence-electron chi connectivity index (χ3n) is 4.33. The Morgan fingerprint density at radius 1 is 1.14 bits per heavy atom. The van der Waals surface area contributed by atoms with Gasteiger partial charge in [0.25, 0.3) is 0 Å². The van der Waals surface area contributed by atoms with Crippen LogP contribution in [0.4, 0.5) is 5.69 Å². The summed E-state index contributed by atoms with van der Waals surface area (Å²) in [6.07, 6.45) is 3.92. The zero-order valence-electron chi connectivity index (χ0n) is 14.0. The molecule has 4 nitrogen and oxygen atoms in total. The van der Waals surface area contributed by atoms with E-state index in [2.05, 4.69) is 15.5 Å². The molecule has 1 aliphatic heterocycles. The molecular formula is C18H29N3O. The third-order valence-corrected chi connectivity index (χ3v) is 4.33. The number of amides is 1. The minimum Gasteiger partial charge on any atom is -0.326 e. The van der Waals surface area contributed by atoms with E-state index in [4.69, 9.17) is 0 Å². The van der Waals surface area contributed by atoms with Crippen molar-refractivity contribution in [2.24, 2.45) is 0 Å². The van der Waals surface area contributed by atoms with Gasteiger partial charge in [0.1, 0.15) is 0 Å². The minimum atomic E-state index is 0.138. The molecule has 0 saturated carbocycles. The molecule has 1 fully saturated rings. The van der Waals surface area contributed by atoms with E-state index in [-0.39, 0.29) is 5.91 Å². The number of anilines is 1. The van der Waals surface area contributed by atoms with Crippen molar-refractivity contribution >= 4 is 11.6 Å². The Morgan fingerprint density at radius 3 is 2.50 bits per heavy atom. The largest absolute Gasteiger partial charge is 0.326 e. The average Bonchev–Trinajstić information content (AvgIpc) is 2.52.